The second-order valence-corrected chi connectivity index (χ2v) is 13.2. The first-order valence-electron chi connectivity index (χ1n) is 13.5. The van der Waals surface area contributed by atoms with Crippen LogP contribution in [0.3, 0.4) is 0 Å². The highest BCUT2D eigenvalue weighted by Gasteiger charge is 2.27. The highest BCUT2D eigenvalue weighted by Crippen LogP contribution is 2.37. The highest BCUT2D eigenvalue weighted by atomic mass is 32.2. The number of hydrogen-bond acceptors (Lipinski definition) is 6. The summed E-state index contributed by atoms with van der Waals surface area (Å²) in [5.41, 5.74) is 5.80. The van der Waals surface area contributed by atoms with Crippen LogP contribution in [0.25, 0.3) is 0 Å². The van der Waals surface area contributed by atoms with Crippen molar-refractivity contribution in [2.24, 2.45) is 11.8 Å². The topological polar surface area (TPSA) is 54.2 Å². The molecule has 1 fully saturated rings. The molecule has 2 aliphatic heterocycles. The van der Waals surface area contributed by atoms with Crippen LogP contribution in [0.15, 0.2) is 87.5 Å². The van der Waals surface area contributed by atoms with Gasteiger partial charge in [0.1, 0.15) is 0 Å². The van der Waals surface area contributed by atoms with Crippen molar-refractivity contribution in [3.63, 3.8) is 0 Å². The summed E-state index contributed by atoms with van der Waals surface area (Å²) in [5, 5.41) is 18.0. The molecule has 194 valence electrons. The van der Waals surface area contributed by atoms with E-state index in [1.165, 1.54) is 17.0 Å². The van der Waals surface area contributed by atoms with Crippen molar-refractivity contribution in [2.45, 2.75) is 36.5 Å². The molecule has 3 aromatic carbocycles. The van der Waals surface area contributed by atoms with Crippen LogP contribution in [-0.2, 0) is 0 Å². The summed E-state index contributed by atoms with van der Waals surface area (Å²) in [6, 6.07) is 23.2. The number of fused-ring (bicyclic) bond motifs is 2. The van der Waals surface area contributed by atoms with E-state index >= 15 is 0 Å². The number of thioether (sulfide) groups is 1. The van der Waals surface area contributed by atoms with Crippen LogP contribution in [0.2, 0.25) is 0 Å². The monoisotopic (exact) mass is 538 g/mol. The third kappa shape index (κ3) is 5.22. The largest absolute Gasteiger partial charge is 0.367 e. The number of anilines is 1. The average molecular weight is 539 g/mol. The summed E-state index contributed by atoms with van der Waals surface area (Å²) in [7, 11) is 0. The predicted molar refractivity (Wildman–Crippen MR) is 162 cm³/mol. The standard InChI is InChI=1S/C32H34N4S2/c1-21-16-22(2)20-36(19-21)38-26-9-11-28-30(18-26)32(34)29-17-25(8-10-27(29)31(28)33)37-24-12-14-35(15-13-24)23-6-4-3-5-7-23/h3-12,17-18,21-22,33-34H,13-16,19-20H2,1-2H3/t21-,22+. The quantitative estimate of drug-likeness (QED) is 0.256. The van der Waals surface area contributed by atoms with E-state index in [0.29, 0.717) is 23.3 Å². The zero-order valence-corrected chi connectivity index (χ0v) is 23.7. The molecular formula is C32H34N4S2. The van der Waals surface area contributed by atoms with Crippen LogP contribution in [0.5, 0.6) is 0 Å². The molecule has 6 heteroatoms. The summed E-state index contributed by atoms with van der Waals surface area (Å²) in [5.74, 6) is 1.41. The maximum Gasteiger partial charge on any atom is 0.0698 e. The molecule has 0 radical (unpaired) electrons. The average Bonchev–Trinajstić information content (AvgIpc) is 2.92. The van der Waals surface area contributed by atoms with Crippen molar-refractivity contribution in [3.8, 4) is 0 Å². The molecule has 0 spiro atoms. The molecule has 3 aliphatic rings. The Balaban J connectivity index is 1.19. The molecule has 2 N–H and O–H groups in total. The first kappa shape index (κ1) is 25.5. The van der Waals surface area contributed by atoms with Crippen molar-refractivity contribution in [1.82, 2.24) is 4.31 Å². The third-order valence-electron chi connectivity index (χ3n) is 7.67. The Morgan fingerprint density at radius 2 is 1.39 bits per heavy atom. The minimum atomic E-state index is 0.523. The molecule has 0 unspecified atom stereocenters. The molecule has 0 amide bonds. The number of benzene rings is 3. The van der Waals surface area contributed by atoms with E-state index in [1.807, 2.05) is 12.1 Å². The lowest BCUT2D eigenvalue weighted by Gasteiger charge is -2.34. The van der Waals surface area contributed by atoms with E-state index < -0.39 is 0 Å². The maximum atomic E-state index is 9.11. The molecule has 2 atom stereocenters. The number of para-hydroxylation sites is 1. The molecule has 1 aliphatic carbocycles. The van der Waals surface area contributed by atoms with Gasteiger partial charge in [-0.15, -0.1) is 0 Å². The Kier molecular flexibility index (Phi) is 7.21. The fourth-order valence-electron chi connectivity index (χ4n) is 5.90. The lowest BCUT2D eigenvalue weighted by molar-refractivity contribution is 0.237. The van der Waals surface area contributed by atoms with Gasteiger partial charge < -0.3 is 4.90 Å². The summed E-state index contributed by atoms with van der Waals surface area (Å²) >= 11 is 3.61. The molecule has 6 rings (SSSR count). The molecule has 1 saturated heterocycles. The number of nitrogens with zero attached hydrogens (tertiary/aromatic N) is 2. The van der Waals surface area contributed by atoms with Crippen molar-refractivity contribution in [1.29, 1.82) is 10.8 Å². The molecule has 3 aromatic rings. The minimum Gasteiger partial charge on any atom is -0.367 e. The van der Waals surface area contributed by atoms with Gasteiger partial charge in [0, 0.05) is 63.9 Å². The van der Waals surface area contributed by atoms with Gasteiger partial charge in [0.2, 0.25) is 0 Å². The van der Waals surface area contributed by atoms with Gasteiger partial charge >= 0.3 is 0 Å². The Labute approximate surface area is 234 Å². The normalized spacial score (nSPS) is 21.6. The van der Waals surface area contributed by atoms with E-state index in [0.717, 1.165) is 64.6 Å². The summed E-state index contributed by atoms with van der Waals surface area (Å²) in [6.45, 7) is 8.80. The van der Waals surface area contributed by atoms with Gasteiger partial charge in [-0.25, -0.2) is 4.31 Å². The van der Waals surface area contributed by atoms with Crippen LogP contribution in [-0.4, -0.2) is 41.9 Å². The van der Waals surface area contributed by atoms with Crippen molar-refractivity contribution >= 4 is 40.8 Å². The molecule has 0 bridgehead atoms. The first-order valence-corrected chi connectivity index (χ1v) is 15.1. The van der Waals surface area contributed by atoms with E-state index in [-0.39, 0.29) is 0 Å². The smallest absolute Gasteiger partial charge is 0.0698 e. The van der Waals surface area contributed by atoms with Gasteiger partial charge in [-0.1, -0.05) is 62.0 Å². The molecule has 4 nitrogen and oxygen atoms in total. The predicted octanol–water partition coefficient (Wildman–Crippen LogP) is 7.70. The Morgan fingerprint density at radius 3 is 2.05 bits per heavy atom. The Morgan fingerprint density at radius 1 is 0.763 bits per heavy atom. The third-order valence-corrected chi connectivity index (χ3v) is 9.81. The van der Waals surface area contributed by atoms with E-state index in [2.05, 4.69) is 83.7 Å². The first-order chi connectivity index (χ1) is 18.4. The van der Waals surface area contributed by atoms with Gasteiger partial charge in [0.15, 0.2) is 0 Å². The molecule has 38 heavy (non-hydrogen) atoms. The van der Waals surface area contributed by atoms with Crippen LogP contribution < -0.4 is 4.90 Å². The van der Waals surface area contributed by atoms with Gasteiger partial charge in [-0.2, -0.15) is 0 Å². The van der Waals surface area contributed by atoms with Crippen molar-refractivity contribution in [3.05, 3.63) is 100.0 Å². The minimum absolute atomic E-state index is 0.523. The SMILES string of the molecule is C[C@@H]1C[C@H](C)CN(Sc2ccc3c(c2)C(=N)c2cc(SC4=CCN(c5ccccc5)CC4)ccc2C3=N)C1. The van der Waals surface area contributed by atoms with Crippen LogP contribution in [0.4, 0.5) is 5.69 Å². The van der Waals surface area contributed by atoms with Crippen LogP contribution >= 0.6 is 23.7 Å². The zero-order chi connectivity index (χ0) is 26.2. The second kappa shape index (κ2) is 10.8. The van der Waals surface area contributed by atoms with Gasteiger partial charge in [-0.05, 0) is 77.9 Å². The molecule has 0 saturated carbocycles. The number of nitrogens with one attached hydrogen (secondary N) is 2. The van der Waals surface area contributed by atoms with E-state index in [9.17, 15) is 0 Å². The van der Waals surface area contributed by atoms with Crippen molar-refractivity contribution < 1.29 is 0 Å². The van der Waals surface area contributed by atoms with E-state index in [4.69, 9.17) is 10.8 Å². The summed E-state index contributed by atoms with van der Waals surface area (Å²) < 4.78 is 2.47. The Hall–Kier alpha value is -2.80. The molecule has 2 heterocycles. The number of piperidine rings is 1. The molecular weight excluding hydrogens is 505 g/mol. The number of rotatable bonds is 5. The summed E-state index contributed by atoms with van der Waals surface area (Å²) in [6.07, 6.45) is 4.64. The maximum absolute atomic E-state index is 9.11. The fraction of sp³-hybridized carbons (Fsp3) is 0.312. The van der Waals surface area contributed by atoms with E-state index in [1.54, 1.807) is 23.7 Å². The lowest BCUT2D eigenvalue weighted by atomic mass is 9.83. The van der Waals surface area contributed by atoms with Crippen molar-refractivity contribution in [2.75, 3.05) is 31.1 Å². The van der Waals surface area contributed by atoms with Gasteiger partial charge in [0.25, 0.3) is 0 Å². The zero-order valence-electron chi connectivity index (χ0n) is 22.0. The highest BCUT2D eigenvalue weighted by molar-refractivity contribution is 8.03. The van der Waals surface area contributed by atoms with Crippen LogP contribution in [0.1, 0.15) is 48.9 Å². The summed E-state index contributed by atoms with van der Waals surface area (Å²) in [4.78, 5) is 6.09. The van der Waals surface area contributed by atoms with Crippen LogP contribution in [0, 0.1) is 22.7 Å². The number of hydrogen-bond donors (Lipinski definition) is 2. The lowest BCUT2D eigenvalue weighted by Crippen LogP contribution is -2.33. The fourth-order valence-corrected chi connectivity index (χ4v) is 8.13. The van der Waals surface area contributed by atoms with Gasteiger partial charge in [-0.3, -0.25) is 10.8 Å². The van der Waals surface area contributed by atoms with Gasteiger partial charge in [0.05, 0.1) is 11.4 Å². The second-order valence-electron chi connectivity index (χ2n) is 10.9. The Bertz CT molecular complexity index is 1400. The molecule has 0 aromatic heterocycles.